The Morgan fingerprint density at radius 1 is 1.36 bits per heavy atom. The fraction of sp³-hybridized carbons (Fsp3) is 0.706. The predicted molar refractivity (Wildman–Crippen MR) is 98.7 cm³/mol. The number of nitrogens with one attached hydrogen (secondary N) is 1. The van der Waals surface area contributed by atoms with Crippen molar-refractivity contribution in [3.63, 3.8) is 0 Å². The van der Waals surface area contributed by atoms with Gasteiger partial charge in [0.1, 0.15) is 4.88 Å². The number of carboxylic acid groups (broad SMARTS) is 1. The quantitative estimate of drug-likeness (QED) is 0.688. The van der Waals surface area contributed by atoms with Crippen LogP contribution in [-0.4, -0.2) is 53.0 Å². The molecule has 2 fully saturated rings. The number of hydrogen-bond acceptors (Lipinski definition) is 6. The zero-order valence-electron chi connectivity index (χ0n) is 14.5. The Morgan fingerprint density at radius 3 is 2.56 bits per heavy atom. The van der Waals surface area contributed by atoms with Gasteiger partial charge in [0.25, 0.3) is 12.4 Å². The van der Waals surface area contributed by atoms with Crippen molar-refractivity contribution < 1.29 is 14.7 Å². The average molecular weight is 369 g/mol. The summed E-state index contributed by atoms with van der Waals surface area (Å²) in [6.45, 7) is 2.99. The van der Waals surface area contributed by atoms with Gasteiger partial charge in [-0.2, -0.15) is 0 Å². The molecule has 1 saturated heterocycles. The predicted octanol–water partition coefficient (Wildman–Crippen LogP) is 2.20. The number of likely N-dealkylation sites (tertiary alicyclic amines) is 1. The monoisotopic (exact) mass is 368 g/mol. The highest BCUT2D eigenvalue weighted by Crippen LogP contribution is 2.28. The van der Waals surface area contributed by atoms with E-state index in [9.17, 15) is 4.79 Å². The first kappa shape index (κ1) is 19.7. The third-order valence-electron chi connectivity index (χ3n) is 5.08. The van der Waals surface area contributed by atoms with Gasteiger partial charge in [-0.25, -0.2) is 4.98 Å². The van der Waals surface area contributed by atoms with Crippen molar-refractivity contribution >= 4 is 28.8 Å². The normalized spacial score (nSPS) is 19.2. The van der Waals surface area contributed by atoms with Gasteiger partial charge < -0.3 is 21.1 Å². The Hall–Kier alpha value is -1.67. The maximum absolute atomic E-state index is 11.9. The molecule has 0 aromatic carbocycles. The number of amides is 1. The molecule has 1 aromatic heterocycles. The van der Waals surface area contributed by atoms with Crippen LogP contribution in [0.15, 0.2) is 6.20 Å². The number of thiazole rings is 1. The summed E-state index contributed by atoms with van der Waals surface area (Å²) in [5.41, 5.74) is 5.55. The van der Waals surface area contributed by atoms with Crippen LogP contribution in [0.5, 0.6) is 0 Å². The number of hydrogen-bond donors (Lipinski definition) is 3. The molecule has 7 nitrogen and oxygen atoms in total. The van der Waals surface area contributed by atoms with Gasteiger partial charge in [0, 0.05) is 12.6 Å². The Balaban J connectivity index is 0.000000701. The fourth-order valence-electron chi connectivity index (χ4n) is 3.75. The van der Waals surface area contributed by atoms with Gasteiger partial charge in [0.15, 0.2) is 5.13 Å². The van der Waals surface area contributed by atoms with Crippen molar-refractivity contribution in [2.24, 2.45) is 5.92 Å². The Bertz CT molecular complexity index is 538. The van der Waals surface area contributed by atoms with Gasteiger partial charge in [-0.1, -0.05) is 24.2 Å². The molecule has 8 heteroatoms. The maximum atomic E-state index is 11.9. The molecule has 3 rings (SSSR count). The van der Waals surface area contributed by atoms with E-state index in [-0.39, 0.29) is 12.4 Å². The van der Waals surface area contributed by atoms with Gasteiger partial charge in [0.05, 0.1) is 6.20 Å². The first-order valence-corrected chi connectivity index (χ1v) is 9.77. The molecule has 4 N–H and O–H groups in total. The number of anilines is 1. The molecular formula is C17H28N4O3S. The molecule has 1 saturated carbocycles. The van der Waals surface area contributed by atoms with Gasteiger partial charge in [-0.15, -0.1) is 0 Å². The van der Waals surface area contributed by atoms with E-state index in [2.05, 4.69) is 15.2 Å². The minimum atomic E-state index is -0.250. The number of piperidine rings is 1. The standard InChI is InChI=1S/C16H26N4OS.CH2O2/c17-16-19-11-14(22-16)15(21)18-8-5-12-6-9-20(10-7-12)13-3-1-2-4-13;2-1-3/h11-13H,1-10H2,(H2,17,19)(H,18,21);1H,(H,2,3). The van der Waals surface area contributed by atoms with Crippen LogP contribution >= 0.6 is 11.3 Å². The maximum Gasteiger partial charge on any atom is 0.290 e. The number of nitrogens with zero attached hydrogens (tertiary/aromatic N) is 2. The summed E-state index contributed by atoms with van der Waals surface area (Å²) in [4.78, 5) is 27.5. The summed E-state index contributed by atoms with van der Waals surface area (Å²) in [5, 5.41) is 10.3. The summed E-state index contributed by atoms with van der Waals surface area (Å²) >= 11 is 1.24. The van der Waals surface area contributed by atoms with E-state index in [1.54, 1.807) is 6.20 Å². The second kappa shape index (κ2) is 10.4. The first-order chi connectivity index (χ1) is 12.1. The van der Waals surface area contributed by atoms with E-state index in [4.69, 9.17) is 15.6 Å². The van der Waals surface area contributed by atoms with Crippen molar-refractivity contribution in [3.05, 3.63) is 11.1 Å². The molecule has 0 unspecified atom stereocenters. The smallest absolute Gasteiger partial charge is 0.290 e. The summed E-state index contributed by atoms with van der Waals surface area (Å²) in [6.07, 6.45) is 10.8. The summed E-state index contributed by atoms with van der Waals surface area (Å²) in [7, 11) is 0. The van der Waals surface area contributed by atoms with Crippen molar-refractivity contribution in [1.29, 1.82) is 0 Å². The number of carbonyl (C=O) groups excluding carboxylic acids is 1. The average Bonchev–Trinajstić information content (AvgIpc) is 3.28. The Morgan fingerprint density at radius 2 is 2.00 bits per heavy atom. The second-order valence-electron chi connectivity index (χ2n) is 6.63. The van der Waals surface area contributed by atoms with Crippen LogP contribution < -0.4 is 11.1 Å². The lowest BCUT2D eigenvalue weighted by atomic mass is 9.92. The highest BCUT2D eigenvalue weighted by Gasteiger charge is 2.26. The van der Waals surface area contributed by atoms with Crippen LogP contribution in [0.2, 0.25) is 0 Å². The number of carbonyl (C=O) groups is 2. The van der Waals surface area contributed by atoms with Crippen LogP contribution in [0.1, 0.15) is 54.6 Å². The summed E-state index contributed by atoms with van der Waals surface area (Å²) in [5.74, 6) is 0.710. The lowest BCUT2D eigenvalue weighted by Crippen LogP contribution is -2.40. The van der Waals surface area contributed by atoms with Crippen molar-refractivity contribution in [2.75, 3.05) is 25.4 Å². The zero-order valence-corrected chi connectivity index (χ0v) is 15.3. The molecule has 25 heavy (non-hydrogen) atoms. The molecule has 0 spiro atoms. The molecular weight excluding hydrogens is 340 g/mol. The minimum absolute atomic E-state index is 0.0439. The third kappa shape index (κ3) is 6.28. The molecule has 140 valence electrons. The van der Waals surface area contributed by atoms with Crippen LogP contribution in [0, 0.1) is 5.92 Å². The lowest BCUT2D eigenvalue weighted by molar-refractivity contribution is -0.122. The molecule has 0 bridgehead atoms. The van der Waals surface area contributed by atoms with E-state index >= 15 is 0 Å². The number of aromatic nitrogens is 1. The van der Waals surface area contributed by atoms with Crippen molar-refractivity contribution in [2.45, 2.75) is 51.0 Å². The van der Waals surface area contributed by atoms with Crippen LogP contribution in [0.25, 0.3) is 0 Å². The third-order valence-corrected chi connectivity index (χ3v) is 5.90. The van der Waals surface area contributed by atoms with Crippen LogP contribution in [0.4, 0.5) is 5.13 Å². The van der Waals surface area contributed by atoms with Crippen molar-refractivity contribution in [1.82, 2.24) is 15.2 Å². The molecule has 1 aromatic rings. The SMILES string of the molecule is Nc1ncc(C(=O)NCCC2CCN(C3CCCC3)CC2)s1.O=CO. The van der Waals surface area contributed by atoms with Gasteiger partial charge >= 0.3 is 0 Å². The van der Waals surface area contributed by atoms with E-state index in [0.29, 0.717) is 10.0 Å². The van der Waals surface area contributed by atoms with Crippen molar-refractivity contribution in [3.8, 4) is 0 Å². The van der Waals surface area contributed by atoms with Gasteiger partial charge in [-0.3, -0.25) is 9.59 Å². The molecule has 2 heterocycles. The largest absolute Gasteiger partial charge is 0.483 e. The first-order valence-electron chi connectivity index (χ1n) is 8.95. The lowest BCUT2D eigenvalue weighted by Gasteiger charge is -2.36. The van der Waals surface area contributed by atoms with Gasteiger partial charge in [-0.05, 0) is 51.1 Å². The highest BCUT2D eigenvalue weighted by atomic mass is 32.1. The topological polar surface area (TPSA) is 109 Å². The molecule has 0 atom stereocenters. The number of nitrogen functional groups attached to an aromatic ring is 1. The van der Waals surface area contributed by atoms with E-state index in [0.717, 1.165) is 24.9 Å². The number of rotatable bonds is 5. The fourth-order valence-corrected chi connectivity index (χ4v) is 4.35. The van der Waals surface area contributed by atoms with E-state index in [1.165, 1.54) is 63.0 Å². The Kier molecular flexibility index (Phi) is 8.14. The molecule has 1 amide bonds. The molecule has 1 aliphatic carbocycles. The second-order valence-corrected chi connectivity index (χ2v) is 7.69. The van der Waals surface area contributed by atoms with Crippen LogP contribution in [-0.2, 0) is 4.79 Å². The molecule has 1 aliphatic heterocycles. The highest BCUT2D eigenvalue weighted by molar-refractivity contribution is 7.17. The van der Waals surface area contributed by atoms with E-state index in [1.807, 2.05) is 0 Å². The van der Waals surface area contributed by atoms with Gasteiger partial charge in [0.2, 0.25) is 0 Å². The van der Waals surface area contributed by atoms with Crippen LogP contribution in [0.3, 0.4) is 0 Å². The summed E-state index contributed by atoms with van der Waals surface area (Å²) < 4.78 is 0. The molecule has 0 radical (unpaired) electrons. The number of nitrogens with two attached hydrogens (primary N) is 1. The zero-order chi connectivity index (χ0) is 18.1. The summed E-state index contributed by atoms with van der Waals surface area (Å²) in [6, 6.07) is 0.859. The molecule has 2 aliphatic rings. The minimum Gasteiger partial charge on any atom is -0.483 e. The Labute approximate surface area is 152 Å². The van der Waals surface area contributed by atoms with E-state index < -0.39 is 0 Å².